The molecule has 2 aromatic rings. The van der Waals surface area contributed by atoms with Crippen LogP contribution >= 0.6 is 11.6 Å². The second-order valence-corrected chi connectivity index (χ2v) is 3.97. The van der Waals surface area contributed by atoms with Gasteiger partial charge in [-0.15, -0.1) is 10.2 Å². The summed E-state index contributed by atoms with van der Waals surface area (Å²) >= 11 is 5.56. The van der Waals surface area contributed by atoms with Gasteiger partial charge >= 0.3 is 5.97 Å². The average Bonchev–Trinajstić information content (AvgIpc) is 2.40. The Kier molecular flexibility index (Phi) is 3.72. The fraction of sp³-hybridized carbons (Fsp3) is 0. The highest BCUT2D eigenvalue weighted by atomic mass is 35.5. The fourth-order valence-corrected chi connectivity index (χ4v) is 1.43. The van der Waals surface area contributed by atoms with Crippen molar-refractivity contribution < 1.29 is 14.7 Å². The average molecular weight is 278 g/mol. The Bertz CT molecular complexity index is 611. The molecule has 1 aromatic carbocycles. The number of nitrogens with zero attached hydrogens (tertiary/aromatic N) is 2. The predicted octanol–water partition coefficient (Wildman–Crippen LogP) is 2.08. The van der Waals surface area contributed by atoms with Crippen LogP contribution in [-0.4, -0.2) is 27.2 Å². The lowest BCUT2D eigenvalue weighted by Crippen LogP contribution is -2.14. The van der Waals surface area contributed by atoms with Crippen LogP contribution in [0.1, 0.15) is 20.8 Å². The number of aromatic nitrogens is 2. The quantitative estimate of drug-likeness (QED) is 0.896. The molecule has 1 aromatic heterocycles. The molecule has 0 radical (unpaired) electrons. The fourth-order valence-electron chi connectivity index (χ4n) is 1.33. The molecule has 0 atom stereocenters. The number of aromatic carboxylic acids is 1. The summed E-state index contributed by atoms with van der Waals surface area (Å²) in [5.41, 5.74) is 0.725. The lowest BCUT2D eigenvalue weighted by atomic mass is 10.2. The Balaban J connectivity index is 2.10. The Hall–Kier alpha value is -2.47. The van der Waals surface area contributed by atoms with E-state index in [0.717, 1.165) is 0 Å². The van der Waals surface area contributed by atoms with E-state index < -0.39 is 11.9 Å². The highest BCUT2D eigenvalue weighted by Gasteiger charge is 2.09. The first-order chi connectivity index (χ1) is 9.06. The number of carboxylic acids is 1. The number of carbonyl (C=O) groups excluding carboxylic acids is 1. The van der Waals surface area contributed by atoms with Crippen LogP contribution < -0.4 is 5.32 Å². The molecule has 2 N–H and O–H groups in total. The summed E-state index contributed by atoms with van der Waals surface area (Å²) in [4.78, 5) is 22.4. The molecular weight excluding hydrogens is 270 g/mol. The van der Waals surface area contributed by atoms with Gasteiger partial charge in [-0.05, 0) is 36.4 Å². The number of nitrogens with one attached hydrogen (secondary N) is 1. The SMILES string of the molecule is O=C(O)c1ccc(NC(=O)c2ccc(Cl)nn2)cc1. The van der Waals surface area contributed by atoms with E-state index >= 15 is 0 Å². The normalized spacial score (nSPS) is 9.95. The van der Waals surface area contributed by atoms with Gasteiger partial charge in [-0.2, -0.15) is 0 Å². The van der Waals surface area contributed by atoms with Gasteiger partial charge in [0.05, 0.1) is 5.56 Å². The Morgan fingerprint density at radius 2 is 1.74 bits per heavy atom. The van der Waals surface area contributed by atoms with Crippen molar-refractivity contribution in [3.63, 3.8) is 0 Å². The van der Waals surface area contributed by atoms with Crippen molar-refractivity contribution in [3.8, 4) is 0 Å². The molecule has 0 aliphatic carbocycles. The zero-order chi connectivity index (χ0) is 13.8. The summed E-state index contributed by atoms with van der Waals surface area (Å²) in [5, 5.41) is 18.7. The predicted molar refractivity (Wildman–Crippen MR) is 68.4 cm³/mol. The number of hydrogen-bond donors (Lipinski definition) is 2. The zero-order valence-electron chi connectivity index (χ0n) is 9.50. The van der Waals surface area contributed by atoms with E-state index in [-0.39, 0.29) is 16.4 Å². The van der Waals surface area contributed by atoms with Crippen LogP contribution in [0.4, 0.5) is 5.69 Å². The van der Waals surface area contributed by atoms with Gasteiger partial charge in [0, 0.05) is 5.69 Å². The molecule has 0 bridgehead atoms. The molecule has 1 amide bonds. The van der Waals surface area contributed by atoms with E-state index in [1.54, 1.807) is 0 Å². The summed E-state index contributed by atoms with van der Waals surface area (Å²) in [6, 6.07) is 8.67. The number of rotatable bonds is 3. The molecule has 0 unspecified atom stereocenters. The Labute approximate surface area is 113 Å². The van der Waals surface area contributed by atoms with Crippen molar-refractivity contribution in [1.29, 1.82) is 0 Å². The third-order valence-electron chi connectivity index (χ3n) is 2.25. The first kappa shape index (κ1) is 13.0. The molecule has 0 fully saturated rings. The number of carbonyl (C=O) groups is 2. The molecule has 0 aliphatic heterocycles. The second kappa shape index (κ2) is 5.45. The molecule has 2 rings (SSSR count). The van der Waals surface area contributed by atoms with E-state index in [4.69, 9.17) is 16.7 Å². The van der Waals surface area contributed by atoms with Gasteiger partial charge in [0.1, 0.15) is 0 Å². The van der Waals surface area contributed by atoms with Crippen LogP contribution in [0.2, 0.25) is 5.15 Å². The lowest BCUT2D eigenvalue weighted by molar-refractivity contribution is 0.0696. The summed E-state index contributed by atoms with van der Waals surface area (Å²) in [6.45, 7) is 0. The van der Waals surface area contributed by atoms with Crippen molar-refractivity contribution >= 4 is 29.2 Å². The van der Waals surface area contributed by atoms with Gasteiger partial charge < -0.3 is 10.4 Å². The molecule has 0 aliphatic rings. The topological polar surface area (TPSA) is 92.2 Å². The van der Waals surface area contributed by atoms with Gasteiger partial charge in [0.15, 0.2) is 10.8 Å². The summed E-state index contributed by atoms with van der Waals surface area (Å²) in [7, 11) is 0. The minimum Gasteiger partial charge on any atom is -0.478 e. The van der Waals surface area contributed by atoms with Crippen LogP contribution in [0.25, 0.3) is 0 Å². The van der Waals surface area contributed by atoms with Crippen LogP contribution in [0.5, 0.6) is 0 Å². The lowest BCUT2D eigenvalue weighted by Gasteiger charge is -2.04. The molecule has 0 spiro atoms. The third-order valence-corrected chi connectivity index (χ3v) is 2.46. The summed E-state index contributed by atoms with van der Waals surface area (Å²) < 4.78 is 0. The highest BCUT2D eigenvalue weighted by Crippen LogP contribution is 2.11. The van der Waals surface area contributed by atoms with Crippen molar-refractivity contribution in [1.82, 2.24) is 10.2 Å². The second-order valence-electron chi connectivity index (χ2n) is 3.58. The maximum atomic E-state index is 11.8. The Morgan fingerprint density at radius 1 is 1.05 bits per heavy atom. The minimum absolute atomic E-state index is 0.117. The van der Waals surface area contributed by atoms with Gasteiger partial charge in [0.2, 0.25) is 0 Å². The van der Waals surface area contributed by atoms with Crippen molar-refractivity contribution in [2.24, 2.45) is 0 Å². The molecule has 0 saturated heterocycles. The van der Waals surface area contributed by atoms with Crippen LogP contribution in [0, 0.1) is 0 Å². The molecule has 7 heteroatoms. The van der Waals surface area contributed by atoms with Crippen LogP contribution in [-0.2, 0) is 0 Å². The first-order valence-electron chi connectivity index (χ1n) is 5.20. The monoisotopic (exact) mass is 277 g/mol. The zero-order valence-corrected chi connectivity index (χ0v) is 10.3. The van der Waals surface area contributed by atoms with Gasteiger partial charge in [0.25, 0.3) is 5.91 Å². The smallest absolute Gasteiger partial charge is 0.335 e. The number of anilines is 1. The van der Waals surface area contributed by atoms with Crippen molar-refractivity contribution in [3.05, 3.63) is 52.8 Å². The molecule has 1 heterocycles. The number of hydrogen-bond acceptors (Lipinski definition) is 4. The third kappa shape index (κ3) is 3.26. The van der Waals surface area contributed by atoms with E-state index in [0.29, 0.717) is 5.69 Å². The van der Waals surface area contributed by atoms with Crippen molar-refractivity contribution in [2.45, 2.75) is 0 Å². The first-order valence-corrected chi connectivity index (χ1v) is 5.58. The minimum atomic E-state index is -1.03. The van der Waals surface area contributed by atoms with E-state index in [9.17, 15) is 9.59 Å². The van der Waals surface area contributed by atoms with Gasteiger partial charge in [-0.1, -0.05) is 11.6 Å². The number of amides is 1. The maximum Gasteiger partial charge on any atom is 0.335 e. The standard InChI is InChI=1S/C12H8ClN3O3/c13-10-6-5-9(15-16-10)11(17)14-8-3-1-7(2-4-8)12(18)19/h1-6H,(H,14,17)(H,18,19). The van der Waals surface area contributed by atoms with Crippen LogP contribution in [0.15, 0.2) is 36.4 Å². The van der Waals surface area contributed by atoms with Gasteiger partial charge in [-0.25, -0.2) is 4.79 Å². The molecule has 0 saturated carbocycles. The Morgan fingerprint density at radius 3 is 2.26 bits per heavy atom. The largest absolute Gasteiger partial charge is 0.478 e. The van der Waals surface area contributed by atoms with E-state index in [2.05, 4.69) is 15.5 Å². The molecule has 19 heavy (non-hydrogen) atoms. The van der Waals surface area contributed by atoms with Gasteiger partial charge in [-0.3, -0.25) is 4.79 Å². The van der Waals surface area contributed by atoms with E-state index in [1.807, 2.05) is 0 Å². The number of benzene rings is 1. The highest BCUT2D eigenvalue weighted by molar-refractivity contribution is 6.29. The number of carboxylic acid groups (broad SMARTS) is 1. The van der Waals surface area contributed by atoms with Crippen LogP contribution in [0.3, 0.4) is 0 Å². The summed E-state index contributed by atoms with van der Waals surface area (Å²) in [5.74, 6) is -1.48. The summed E-state index contributed by atoms with van der Waals surface area (Å²) in [6.07, 6.45) is 0. The van der Waals surface area contributed by atoms with Crippen molar-refractivity contribution in [2.75, 3.05) is 5.32 Å². The molecule has 6 nitrogen and oxygen atoms in total. The number of halogens is 1. The van der Waals surface area contributed by atoms with E-state index in [1.165, 1.54) is 36.4 Å². The molecule has 96 valence electrons. The molecular formula is C12H8ClN3O3. The maximum absolute atomic E-state index is 11.8.